The van der Waals surface area contributed by atoms with E-state index in [4.69, 9.17) is 9.84 Å². The van der Waals surface area contributed by atoms with Gasteiger partial charge in [-0.2, -0.15) is 0 Å². The van der Waals surface area contributed by atoms with Gasteiger partial charge in [-0.15, -0.1) is 0 Å². The maximum atomic E-state index is 12.3. The Morgan fingerprint density at radius 2 is 1.82 bits per heavy atom. The van der Waals surface area contributed by atoms with E-state index in [1.165, 1.54) is 6.20 Å². The SMILES string of the molecule is Cn1cc(C(=O)O)c(=O)c2cccc(Oc3ccccc3)c21. The predicted molar refractivity (Wildman–Crippen MR) is 82.7 cm³/mol. The van der Waals surface area contributed by atoms with E-state index in [-0.39, 0.29) is 5.56 Å². The zero-order valence-corrected chi connectivity index (χ0v) is 11.8. The zero-order chi connectivity index (χ0) is 15.7. The van der Waals surface area contributed by atoms with Crippen molar-refractivity contribution in [1.82, 2.24) is 4.57 Å². The molecule has 5 heteroatoms. The number of carbonyl (C=O) groups is 1. The fourth-order valence-corrected chi connectivity index (χ4v) is 2.38. The predicted octanol–water partition coefficient (Wildman–Crippen LogP) is 3.03. The molecule has 3 rings (SSSR count). The number of pyridine rings is 1. The van der Waals surface area contributed by atoms with Gasteiger partial charge in [0, 0.05) is 13.2 Å². The van der Waals surface area contributed by atoms with Gasteiger partial charge in [0.15, 0.2) is 5.75 Å². The second kappa shape index (κ2) is 5.37. The Bertz CT molecular complexity index is 913. The highest BCUT2D eigenvalue weighted by Crippen LogP contribution is 2.28. The number of rotatable bonds is 3. The monoisotopic (exact) mass is 295 g/mol. The summed E-state index contributed by atoms with van der Waals surface area (Å²) in [5, 5.41) is 9.43. The van der Waals surface area contributed by atoms with Crippen molar-refractivity contribution in [2.45, 2.75) is 0 Å². The Balaban J connectivity index is 2.23. The highest BCUT2D eigenvalue weighted by Gasteiger charge is 2.16. The first-order valence-corrected chi connectivity index (χ1v) is 6.66. The van der Waals surface area contributed by atoms with Crippen LogP contribution in [0.2, 0.25) is 0 Å². The number of benzene rings is 2. The average Bonchev–Trinajstić information content (AvgIpc) is 2.51. The molecule has 2 aromatic carbocycles. The number of aryl methyl sites for hydroxylation is 1. The van der Waals surface area contributed by atoms with Crippen LogP contribution in [0.1, 0.15) is 10.4 Å². The summed E-state index contributed by atoms with van der Waals surface area (Å²) in [5.74, 6) is -0.0955. The van der Waals surface area contributed by atoms with Crippen molar-refractivity contribution < 1.29 is 14.6 Å². The maximum absolute atomic E-state index is 12.3. The summed E-state index contributed by atoms with van der Waals surface area (Å²) >= 11 is 0. The lowest BCUT2D eigenvalue weighted by atomic mass is 10.1. The molecule has 1 aromatic heterocycles. The highest BCUT2D eigenvalue weighted by molar-refractivity contribution is 5.94. The Hall–Kier alpha value is -3.08. The fraction of sp³-hybridized carbons (Fsp3) is 0.0588. The van der Waals surface area contributed by atoms with E-state index < -0.39 is 11.4 Å². The van der Waals surface area contributed by atoms with Gasteiger partial charge < -0.3 is 14.4 Å². The quantitative estimate of drug-likeness (QED) is 0.806. The second-order valence-corrected chi connectivity index (χ2v) is 4.86. The van der Waals surface area contributed by atoms with Crippen molar-refractivity contribution in [3.05, 3.63) is 70.5 Å². The van der Waals surface area contributed by atoms with Crippen LogP contribution < -0.4 is 10.2 Å². The molecule has 1 N–H and O–H groups in total. The van der Waals surface area contributed by atoms with Gasteiger partial charge in [0.25, 0.3) is 0 Å². The number of carboxylic acids is 1. The van der Waals surface area contributed by atoms with Crippen LogP contribution in [0.5, 0.6) is 11.5 Å². The van der Waals surface area contributed by atoms with Gasteiger partial charge in [0.2, 0.25) is 5.43 Å². The number of para-hydroxylation sites is 2. The molecule has 0 saturated heterocycles. The lowest BCUT2D eigenvalue weighted by molar-refractivity contribution is 0.0695. The maximum Gasteiger partial charge on any atom is 0.341 e. The number of aromatic carboxylic acids is 1. The van der Waals surface area contributed by atoms with Crippen molar-refractivity contribution in [3.63, 3.8) is 0 Å². The van der Waals surface area contributed by atoms with E-state index >= 15 is 0 Å². The molecule has 0 fully saturated rings. The Morgan fingerprint density at radius 1 is 1.09 bits per heavy atom. The van der Waals surface area contributed by atoms with Crippen LogP contribution in [-0.4, -0.2) is 15.6 Å². The van der Waals surface area contributed by atoms with Crippen LogP contribution in [0.25, 0.3) is 10.9 Å². The summed E-state index contributed by atoms with van der Waals surface area (Å²) in [4.78, 5) is 23.4. The molecule has 5 nitrogen and oxygen atoms in total. The largest absolute Gasteiger partial charge is 0.477 e. The number of nitrogens with zero attached hydrogens (tertiary/aromatic N) is 1. The van der Waals surface area contributed by atoms with Crippen molar-refractivity contribution in [2.75, 3.05) is 0 Å². The van der Waals surface area contributed by atoms with E-state index in [2.05, 4.69) is 0 Å². The van der Waals surface area contributed by atoms with E-state index in [1.807, 2.05) is 30.3 Å². The number of aromatic nitrogens is 1. The number of fused-ring (bicyclic) bond motifs is 1. The molecule has 110 valence electrons. The van der Waals surface area contributed by atoms with Crippen molar-refractivity contribution in [2.24, 2.45) is 7.05 Å². The third kappa shape index (κ3) is 2.33. The molecule has 0 aliphatic heterocycles. The molecule has 3 aromatic rings. The molecule has 0 amide bonds. The first kappa shape index (κ1) is 13.9. The first-order valence-electron chi connectivity index (χ1n) is 6.66. The minimum absolute atomic E-state index is 0.258. The molecular weight excluding hydrogens is 282 g/mol. The van der Waals surface area contributed by atoms with Crippen LogP contribution in [0.15, 0.2) is 59.5 Å². The van der Waals surface area contributed by atoms with E-state index in [0.29, 0.717) is 22.4 Å². The normalized spacial score (nSPS) is 10.6. The lowest BCUT2D eigenvalue weighted by Gasteiger charge is -2.12. The highest BCUT2D eigenvalue weighted by atomic mass is 16.5. The van der Waals surface area contributed by atoms with Crippen LogP contribution >= 0.6 is 0 Å². The topological polar surface area (TPSA) is 68.5 Å². The van der Waals surface area contributed by atoms with E-state index in [1.54, 1.807) is 29.8 Å². The van der Waals surface area contributed by atoms with Crippen LogP contribution in [0.3, 0.4) is 0 Å². The first-order chi connectivity index (χ1) is 10.6. The van der Waals surface area contributed by atoms with Crippen molar-refractivity contribution in [1.29, 1.82) is 0 Å². The van der Waals surface area contributed by atoms with Crippen LogP contribution in [-0.2, 0) is 7.05 Å². The fourth-order valence-electron chi connectivity index (χ4n) is 2.38. The standard InChI is InChI=1S/C17H13NO4/c1-18-10-13(17(20)21)16(19)12-8-5-9-14(15(12)18)22-11-6-3-2-4-7-11/h2-10H,1H3,(H,20,21). The summed E-state index contributed by atoms with van der Waals surface area (Å²) in [6.45, 7) is 0. The van der Waals surface area contributed by atoms with Crippen LogP contribution in [0.4, 0.5) is 0 Å². The summed E-state index contributed by atoms with van der Waals surface area (Å²) in [5.41, 5.74) is -0.215. The Morgan fingerprint density at radius 3 is 2.50 bits per heavy atom. The molecule has 0 radical (unpaired) electrons. The lowest BCUT2D eigenvalue weighted by Crippen LogP contribution is -2.18. The minimum atomic E-state index is -1.24. The van der Waals surface area contributed by atoms with E-state index in [0.717, 1.165) is 0 Å². The molecular formula is C17H13NO4. The zero-order valence-electron chi connectivity index (χ0n) is 11.8. The van der Waals surface area contributed by atoms with Crippen molar-refractivity contribution >= 4 is 16.9 Å². The van der Waals surface area contributed by atoms with Gasteiger partial charge in [-0.05, 0) is 24.3 Å². The van der Waals surface area contributed by atoms with Gasteiger partial charge in [-0.25, -0.2) is 4.79 Å². The molecule has 0 unspecified atom stereocenters. The number of ether oxygens (including phenoxy) is 1. The van der Waals surface area contributed by atoms with Gasteiger partial charge in [0.1, 0.15) is 11.3 Å². The van der Waals surface area contributed by atoms with Crippen LogP contribution in [0, 0.1) is 0 Å². The number of hydrogen-bond donors (Lipinski definition) is 1. The molecule has 0 spiro atoms. The number of carboxylic acid groups (broad SMARTS) is 1. The van der Waals surface area contributed by atoms with Crippen molar-refractivity contribution in [3.8, 4) is 11.5 Å². The molecule has 0 atom stereocenters. The Labute approximate surface area is 126 Å². The molecule has 0 bridgehead atoms. The molecule has 0 saturated carbocycles. The van der Waals surface area contributed by atoms with Gasteiger partial charge in [-0.1, -0.05) is 24.3 Å². The third-order valence-electron chi connectivity index (χ3n) is 3.37. The van der Waals surface area contributed by atoms with Gasteiger partial charge >= 0.3 is 5.97 Å². The summed E-state index contributed by atoms with van der Waals surface area (Å²) < 4.78 is 7.42. The molecule has 1 heterocycles. The van der Waals surface area contributed by atoms with Gasteiger partial charge in [0.05, 0.1) is 10.9 Å². The smallest absolute Gasteiger partial charge is 0.341 e. The molecule has 22 heavy (non-hydrogen) atoms. The summed E-state index contributed by atoms with van der Waals surface area (Å²) in [7, 11) is 1.69. The second-order valence-electron chi connectivity index (χ2n) is 4.86. The van der Waals surface area contributed by atoms with Gasteiger partial charge in [-0.3, -0.25) is 4.79 Å². The minimum Gasteiger partial charge on any atom is -0.477 e. The third-order valence-corrected chi connectivity index (χ3v) is 3.37. The Kier molecular flexibility index (Phi) is 3.39. The molecule has 0 aliphatic rings. The number of hydrogen-bond acceptors (Lipinski definition) is 3. The average molecular weight is 295 g/mol. The summed E-state index contributed by atoms with van der Waals surface area (Å²) in [6.07, 6.45) is 1.31. The van der Waals surface area contributed by atoms with E-state index in [9.17, 15) is 9.59 Å². The summed E-state index contributed by atoms with van der Waals surface area (Å²) in [6, 6.07) is 14.2. The molecule has 0 aliphatic carbocycles.